The van der Waals surface area contributed by atoms with E-state index in [-0.39, 0.29) is 24.4 Å². The highest BCUT2D eigenvalue weighted by atomic mass is 35.5. The number of carbonyl (C=O) groups excluding carboxylic acids is 1. The van der Waals surface area contributed by atoms with Gasteiger partial charge >= 0.3 is 0 Å². The summed E-state index contributed by atoms with van der Waals surface area (Å²) in [7, 11) is 1.70. The molecule has 0 bridgehead atoms. The molecular weight excluding hydrogens is 328 g/mol. The minimum absolute atomic E-state index is 0. The Hall–Kier alpha value is -1.14. The molecule has 2 N–H and O–H groups in total. The number of likely N-dealkylation sites (tertiary alicyclic amines) is 1. The van der Waals surface area contributed by atoms with Gasteiger partial charge in [-0.2, -0.15) is 0 Å². The van der Waals surface area contributed by atoms with Crippen LogP contribution in [0.4, 0.5) is 0 Å². The zero-order valence-electron chi connectivity index (χ0n) is 14.4. The van der Waals surface area contributed by atoms with Crippen molar-refractivity contribution in [3.8, 4) is 0 Å². The summed E-state index contributed by atoms with van der Waals surface area (Å²) in [5.41, 5.74) is 7.19. The summed E-state index contributed by atoms with van der Waals surface area (Å²) in [6.45, 7) is 2.91. The number of carbonyl (C=O) groups is 1. The van der Waals surface area contributed by atoms with Crippen LogP contribution in [0, 0.1) is 0 Å². The monoisotopic (exact) mass is 356 g/mol. The van der Waals surface area contributed by atoms with E-state index in [4.69, 9.17) is 15.2 Å². The van der Waals surface area contributed by atoms with Crippen LogP contribution in [0.3, 0.4) is 0 Å². The van der Waals surface area contributed by atoms with Crippen LogP contribution in [0.1, 0.15) is 24.8 Å². The molecule has 2 rings (SSSR count). The highest BCUT2D eigenvalue weighted by Crippen LogP contribution is 2.15. The average Bonchev–Trinajstić information content (AvgIpc) is 2.59. The van der Waals surface area contributed by atoms with Crippen molar-refractivity contribution in [3.63, 3.8) is 0 Å². The van der Waals surface area contributed by atoms with Gasteiger partial charge in [0.15, 0.2) is 0 Å². The molecule has 1 atom stereocenters. The van der Waals surface area contributed by atoms with Gasteiger partial charge in [-0.3, -0.25) is 4.79 Å². The number of hydrogen-bond donors (Lipinski definition) is 1. The summed E-state index contributed by atoms with van der Waals surface area (Å²) < 4.78 is 10.8. The van der Waals surface area contributed by atoms with Gasteiger partial charge in [0.25, 0.3) is 0 Å². The van der Waals surface area contributed by atoms with E-state index in [9.17, 15) is 4.79 Å². The van der Waals surface area contributed by atoms with E-state index in [2.05, 4.69) is 0 Å². The first kappa shape index (κ1) is 20.9. The van der Waals surface area contributed by atoms with Crippen molar-refractivity contribution in [2.45, 2.75) is 37.8 Å². The van der Waals surface area contributed by atoms with E-state index < -0.39 is 6.04 Å². The second kappa shape index (κ2) is 11.4. The minimum atomic E-state index is -0.462. The fraction of sp³-hybridized carbons (Fsp3) is 0.611. The first-order valence-electron chi connectivity index (χ1n) is 8.39. The van der Waals surface area contributed by atoms with Crippen LogP contribution in [-0.2, 0) is 20.7 Å². The molecule has 0 aliphatic carbocycles. The molecule has 0 saturated carbocycles. The van der Waals surface area contributed by atoms with Crippen molar-refractivity contribution in [2.75, 3.05) is 33.4 Å². The van der Waals surface area contributed by atoms with Crippen LogP contribution in [0.2, 0.25) is 0 Å². The van der Waals surface area contributed by atoms with Crippen molar-refractivity contribution in [3.05, 3.63) is 35.9 Å². The smallest absolute Gasteiger partial charge is 0.239 e. The van der Waals surface area contributed by atoms with Crippen LogP contribution in [0.5, 0.6) is 0 Å². The molecule has 1 fully saturated rings. The lowest BCUT2D eigenvalue weighted by atomic mass is 10.0. The van der Waals surface area contributed by atoms with Gasteiger partial charge in [-0.15, -0.1) is 12.4 Å². The molecule has 24 heavy (non-hydrogen) atoms. The molecule has 1 aliphatic heterocycles. The van der Waals surface area contributed by atoms with Crippen molar-refractivity contribution in [1.29, 1.82) is 0 Å². The molecule has 1 amide bonds. The highest BCUT2D eigenvalue weighted by Gasteiger charge is 2.26. The van der Waals surface area contributed by atoms with E-state index in [1.807, 2.05) is 35.2 Å². The van der Waals surface area contributed by atoms with Crippen LogP contribution < -0.4 is 5.73 Å². The van der Waals surface area contributed by atoms with Gasteiger partial charge in [0, 0.05) is 33.4 Å². The molecule has 0 radical (unpaired) electrons. The number of nitrogens with two attached hydrogens (primary N) is 1. The summed E-state index contributed by atoms with van der Waals surface area (Å²) in [4.78, 5) is 14.3. The molecule has 0 aromatic heterocycles. The topological polar surface area (TPSA) is 64.8 Å². The second-order valence-electron chi connectivity index (χ2n) is 6.04. The number of halogens is 1. The minimum Gasteiger partial charge on any atom is -0.385 e. The van der Waals surface area contributed by atoms with E-state index >= 15 is 0 Å². The van der Waals surface area contributed by atoms with Gasteiger partial charge in [-0.1, -0.05) is 30.3 Å². The van der Waals surface area contributed by atoms with Crippen LogP contribution >= 0.6 is 12.4 Å². The van der Waals surface area contributed by atoms with E-state index in [1.54, 1.807) is 7.11 Å². The third-order valence-electron chi connectivity index (χ3n) is 4.22. The number of benzene rings is 1. The molecule has 1 aliphatic rings. The predicted octanol–water partition coefficient (Wildman–Crippen LogP) is 2.02. The van der Waals surface area contributed by atoms with Gasteiger partial charge in [-0.25, -0.2) is 0 Å². The standard InChI is InChI=1S/C18H28N2O3.ClH/c1-22-12-5-13-23-16-8-10-20(11-9-16)18(21)17(19)14-15-6-3-2-4-7-15;/h2-4,6-7,16-17H,5,8-14,19H2,1H3;1H/t17-;/m0./s1. The van der Waals surface area contributed by atoms with Crippen molar-refractivity contribution < 1.29 is 14.3 Å². The molecule has 1 saturated heterocycles. The number of methoxy groups -OCH3 is 1. The average molecular weight is 357 g/mol. The Morgan fingerprint density at radius 3 is 2.54 bits per heavy atom. The van der Waals surface area contributed by atoms with Gasteiger partial charge in [0.1, 0.15) is 0 Å². The number of piperidine rings is 1. The number of nitrogens with zero attached hydrogens (tertiary/aromatic N) is 1. The summed E-state index contributed by atoms with van der Waals surface area (Å²) >= 11 is 0. The Bertz CT molecular complexity index is 465. The zero-order valence-corrected chi connectivity index (χ0v) is 15.2. The van der Waals surface area contributed by atoms with E-state index in [0.717, 1.165) is 51.1 Å². The summed E-state index contributed by atoms with van der Waals surface area (Å²) in [5, 5.41) is 0. The Labute approximate surface area is 150 Å². The molecule has 5 nitrogen and oxygen atoms in total. The lowest BCUT2D eigenvalue weighted by Crippen LogP contribution is -2.49. The second-order valence-corrected chi connectivity index (χ2v) is 6.04. The number of rotatable bonds is 8. The van der Waals surface area contributed by atoms with E-state index in [1.165, 1.54) is 0 Å². The fourth-order valence-electron chi connectivity index (χ4n) is 2.89. The molecule has 1 heterocycles. The molecule has 1 aromatic carbocycles. The van der Waals surface area contributed by atoms with Crippen LogP contribution in [0.25, 0.3) is 0 Å². The Morgan fingerprint density at radius 1 is 1.25 bits per heavy atom. The van der Waals surface area contributed by atoms with Crippen LogP contribution in [-0.4, -0.2) is 56.4 Å². The number of amides is 1. The molecule has 1 aromatic rings. The van der Waals surface area contributed by atoms with Crippen molar-refractivity contribution in [1.82, 2.24) is 4.90 Å². The molecule has 0 spiro atoms. The fourth-order valence-corrected chi connectivity index (χ4v) is 2.89. The van der Waals surface area contributed by atoms with Gasteiger partial charge in [0.2, 0.25) is 5.91 Å². The Kier molecular flexibility index (Phi) is 9.95. The number of ether oxygens (including phenoxy) is 2. The largest absolute Gasteiger partial charge is 0.385 e. The molecule has 136 valence electrons. The SMILES string of the molecule is COCCCOC1CCN(C(=O)[C@@H](N)Cc2ccccc2)CC1.Cl. The number of hydrogen-bond acceptors (Lipinski definition) is 4. The van der Waals surface area contributed by atoms with Gasteiger partial charge < -0.3 is 20.1 Å². The summed E-state index contributed by atoms with van der Waals surface area (Å²) in [6, 6.07) is 9.46. The maximum atomic E-state index is 12.5. The normalized spacial score (nSPS) is 16.5. The van der Waals surface area contributed by atoms with E-state index in [0.29, 0.717) is 6.42 Å². The summed E-state index contributed by atoms with van der Waals surface area (Å²) in [6.07, 6.45) is 3.53. The highest BCUT2D eigenvalue weighted by molar-refractivity contribution is 5.85. The Balaban J connectivity index is 0.00000288. The lowest BCUT2D eigenvalue weighted by Gasteiger charge is -2.33. The maximum absolute atomic E-state index is 12.5. The van der Waals surface area contributed by atoms with Crippen molar-refractivity contribution >= 4 is 18.3 Å². The first-order chi connectivity index (χ1) is 11.2. The predicted molar refractivity (Wildman–Crippen MR) is 97.4 cm³/mol. The summed E-state index contributed by atoms with van der Waals surface area (Å²) in [5.74, 6) is 0.0479. The third kappa shape index (κ3) is 6.77. The van der Waals surface area contributed by atoms with Crippen molar-refractivity contribution in [2.24, 2.45) is 5.73 Å². The Morgan fingerprint density at radius 2 is 1.92 bits per heavy atom. The molecule has 0 unspecified atom stereocenters. The third-order valence-corrected chi connectivity index (χ3v) is 4.22. The molecular formula is C18H29ClN2O3. The zero-order chi connectivity index (χ0) is 16.5. The lowest BCUT2D eigenvalue weighted by molar-refractivity contribution is -0.135. The van der Waals surface area contributed by atoms with Gasteiger partial charge in [-0.05, 0) is 31.2 Å². The molecule has 6 heteroatoms. The quantitative estimate of drug-likeness (QED) is 0.724. The van der Waals surface area contributed by atoms with Crippen LogP contribution in [0.15, 0.2) is 30.3 Å². The maximum Gasteiger partial charge on any atom is 0.239 e. The first-order valence-corrected chi connectivity index (χ1v) is 8.39. The van der Waals surface area contributed by atoms with Gasteiger partial charge in [0.05, 0.1) is 12.1 Å².